The highest BCUT2D eigenvalue weighted by atomic mass is 79.9. The van der Waals surface area contributed by atoms with E-state index in [-0.39, 0.29) is 0 Å². The highest BCUT2D eigenvalue weighted by Gasteiger charge is 2.13. The lowest BCUT2D eigenvalue weighted by Gasteiger charge is -2.16. The Kier molecular flexibility index (Phi) is 6.30. The minimum absolute atomic E-state index is 0.474. The van der Waals surface area contributed by atoms with Crippen LogP contribution in [0, 0.1) is 4.77 Å². The molecule has 1 aromatic heterocycles. The van der Waals surface area contributed by atoms with Gasteiger partial charge in [-0.1, -0.05) is 30.3 Å². The molecule has 1 heterocycles. The van der Waals surface area contributed by atoms with Crippen molar-refractivity contribution in [3.05, 3.63) is 69.2 Å². The highest BCUT2D eigenvalue weighted by molar-refractivity contribution is 9.10. The van der Waals surface area contributed by atoms with E-state index >= 15 is 0 Å². The average molecular weight is 435 g/mol. The first-order valence-electron chi connectivity index (χ1n) is 8.15. The molecule has 0 radical (unpaired) electrons. The maximum Gasteiger partial charge on any atom is 0.214 e. The molecule has 0 aliphatic heterocycles. The largest absolute Gasteiger partial charge is 0.490 e. The lowest BCUT2D eigenvalue weighted by molar-refractivity contribution is 0.267. The molecular formula is C18H19BrN4O2S. The maximum absolute atomic E-state index is 6.00. The quantitative estimate of drug-likeness (QED) is 0.513. The van der Waals surface area contributed by atoms with Crippen molar-refractivity contribution >= 4 is 28.1 Å². The number of hydrogen-bond acceptors (Lipinski definition) is 5. The fraction of sp³-hybridized carbons (Fsp3) is 0.222. The van der Waals surface area contributed by atoms with Gasteiger partial charge in [0.25, 0.3) is 0 Å². The minimum atomic E-state index is 0.474. The van der Waals surface area contributed by atoms with Gasteiger partial charge in [-0.25, -0.2) is 4.68 Å². The van der Waals surface area contributed by atoms with Crippen molar-refractivity contribution in [2.24, 2.45) is 0 Å². The first kappa shape index (κ1) is 18.5. The van der Waals surface area contributed by atoms with Crippen LogP contribution in [0.1, 0.15) is 18.1 Å². The molecule has 0 aliphatic rings. The van der Waals surface area contributed by atoms with Crippen molar-refractivity contribution < 1.29 is 9.47 Å². The molecule has 6 nitrogen and oxygen atoms in total. The molecule has 0 unspecified atom stereocenters. The van der Waals surface area contributed by atoms with Gasteiger partial charge in [-0.2, -0.15) is 5.10 Å². The summed E-state index contributed by atoms with van der Waals surface area (Å²) in [6.07, 6.45) is 1.60. The first-order chi connectivity index (χ1) is 12.7. The van der Waals surface area contributed by atoms with Gasteiger partial charge in [-0.3, -0.25) is 5.10 Å². The summed E-state index contributed by atoms with van der Waals surface area (Å²) < 4.78 is 14.8. The van der Waals surface area contributed by atoms with E-state index in [1.165, 1.54) is 0 Å². The standard InChI is InChI=1S/C18H19BrN4O2S/c1-2-24-16-9-14(10-21-23-12-20-22-18(23)26)8-15(19)17(16)25-11-13-6-4-3-5-7-13/h3-9,12,21H,2,10-11H2,1H3,(H,22,26). The van der Waals surface area contributed by atoms with Crippen molar-refractivity contribution in [1.82, 2.24) is 14.9 Å². The van der Waals surface area contributed by atoms with Crippen LogP contribution in [0.25, 0.3) is 0 Å². The third-order valence-electron chi connectivity index (χ3n) is 3.60. The molecular weight excluding hydrogens is 416 g/mol. The summed E-state index contributed by atoms with van der Waals surface area (Å²) in [7, 11) is 0. The second-order valence-corrected chi connectivity index (χ2v) is 6.72. The van der Waals surface area contributed by atoms with Gasteiger partial charge in [0.1, 0.15) is 12.9 Å². The summed E-state index contributed by atoms with van der Waals surface area (Å²) in [6.45, 7) is 3.54. The van der Waals surface area contributed by atoms with Gasteiger partial charge in [0.05, 0.1) is 17.6 Å². The fourth-order valence-corrected chi connectivity index (χ4v) is 3.16. The summed E-state index contributed by atoms with van der Waals surface area (Å²) in [5.74, 6) is 1.39. The topological polar surface area (TPSA) is 64.1 Å². The molecule has 2 aromatic carbocycles. The summed E-state index contributed by atoms with van der Waals surface area (Å²) >= 11 is 8.72. The van der Waals surface area contributed by atoms with Gasteiger partial charge in [-0.15, -0.1) is 0 Å². The van der Waals surface area contributed by atoms with Crippen LogP contribution in [0.15, 0.2) is 53.3 Å². The predicted octanol–water partition coefficient (Wildman–Crippen LogP) is 4.42. The molecule has 0 bridgehead atoms. The number of nitrogens with zero attached hydrogens (tertiary/aromatic N) is 2. The van der Waals surface area contributed by atoms with Crippen LogP contribution >= 0.6 is 28.1 Å². The SMILES string of the molecule is CCOc1cc(CNn2cn[nH]c2=S)cc(Br)c1OCc1ccccc1. The van der Waals surface area contributed by atoms with E-state index in [4.69, 9.17) is 21.7 Å². The molecule has 0 atom stereocenters. The number of hydrogen-bond donors (Lipinski definition) is 2. The van der Waals surface area contributed by atoms with Crippen LogP contribution in [0.2, 0.25) is 0 Å². The molecule has 0 saturated heterocycles. The van der Waals surface area contributed by atoms with Gasteiger partial charge >= 0.3 is 0 Å². The van der Waals surface area contributed by atoms with Crippen molar-refractivity contribution in [2.75, 3.05) is 12.0 Å². The summed E-state index contributed by atoms with van der Waals surface area (Å²) in [6, 6.07) is 14.0. The fourth-order valence-electron chi connectivity index (χ4n) is 2.39. The molecule has 3 aromatic rings. The zero-order valence-electron chi connectivity index (χ0n) is 14.2. The predicted molar refractivity (Wildman–Crippen MR) is 107 cm³/mol. The molecule has 3 rings (SSSR count). The Morgan fingerprint density at radius 3 is 2.69 bits per heavy atom. The second kappa shape index (κ2) is 8.86. The van der Waals surface area contributed by atoms with Gasteiger partial charge in [0, 0.05) is 0 Å². The second-order valence-electron chi connectivity index (χ2n) is 5.48. The lowest BCUT2D eigenvalue weighted by atomic mass is 10.2. The van der Waals surface area contributed by atoms with Crippen LogP contribution < -0.4 is 14.9 Å². The summed E-state index contributed by atoms with van der Waals surface area (Å²) in [4.78, 5) is 0. The molecule has 26 heavy (non-hydrogen) atoms. The first-order valence-corrected chi connectivity index (χ1v) is 9.35. The van der Waals surface area contributed by atoms with Crippen LogP contribution in [0.5, 0.6) is 11.5 Å². The number of halogens is 1. The Morgan fingerprint density at radius 1 is 1.19 bits per heavy atom. The number of rotatable bonds is 8. The number of ether oxygens (including phenoxy) is 2. The Labute approximate surface area is 165 Å². The van der Waals surface area contributed by atoms with Gasteiger partial charge in [-0.05, 0) is 58.3 Å². The highest BCUT2D eigenvalue weighted by Crippen LogP contribution is 2.37. The van der Waals surface area contributed by atoms with E-state index in [0.717, 1.165) is 15.6 Å². The van der Waals surface area contributed by atoms with E-state index in [2.05, 4.69) is 31.6 Å². The van der Waals surface area contributed by atoms with Gasteiger partial charge in [0.2, 0.25) is 4.77 Å². The lowest BCUT2D eigenvalue weighted by Crippen LogP contribution is -2.13. The number of aromatic nitrogens is 3. The van der Waals surface area contributed by atoms with Crippen LogP contribution in [0.4, 0.5) is 0 Å². The average Bonchev–Trinajstić information content (AvgIpc) is 3.05. The molecule has 0 aliphatic carbocycles. The Morgan fingerprint density at radius 2 is 2.00 bits per heavy atom. The monoisotopic (exact) mass is 434 g/mol. The van der Waals surface area contributed by atoms with E-state index in [0.29, 0.717) is 36.0 Å². The van der Waals surface area contributed by atoms with E-state index in [9.17, 15) is 0 Å². The molecule has 0 spiro atoms. The van der Waals surface area contributed by atoms with E-state index < -0.39 is 0 Å². The molecule has 0 fully saturated rings. The number of nitrogens with one attached hydrogen (secondary N) is 2. The third-order valence-corrected chi connectivity index (χ3v) is 4.48. The Hall–Kier alpha value is -2.32. The van der Waals surface area contributed by atoms with Crippen LogP contribution in [0.3, 0.4) is 0 Å². The minimum Gasteiger partial charge on any atom is -0.490 e. The normalized spacial score (nSPS) is 10.5. The number of H-pyrrole nitrogens is 1. The molecule has 2 N–H and O–H groups in total. The summed E-state index contributed by atoms with van der Waals surface area (Å²) in [5.41, 5.74) is 5.31. The maximum atomic E-state index is 6.00. The van der Waals surface area contributed by atoms with Crippen LogP contribution in [-0.2, 0) is 13.2 Å². The summed E-state index contributed by atoms with van der Waals surface area (Å²) in [5, 5.41) is 6.58. The van der Waals surface area contributed by atoms with Gasteiger partial charge in [0.15, 0.2) is 11.5 Å². The molecule has 136 valence electrons. The van der Waals surface area contributed by atoms with Crippen molar-refractivity contribution in [2.45, 2.75) is 20.1 Å². The Bertz CT molecular complexity index is 911. The smallest absolute Gasteiger partial charge is 0.214 e. The zero-order valence-corrected chi connectivity index (χ0v) is 16.6. The van der Waals surface area contributed by atoms with Crippen molar-refractivity contribution in [3.8, 4) is 11.5 Å². The number of benzene rings is 2. The molecule has 8 heteroatoms. The number of aromatic amines is 1. The van der Waals surface area contributed by atoms with Crippen molar-refractivity contribution in [1.29, 1.82) is 0 Å². The molecule has 0 saturated carbocycles. The van der Waals surface area contributed by atoms with E-state index in [1.807, 2.05) is 49.4 Å². The zero-order chi connectivity index (χ0) is 18.4. The Balaban J connectivity index is 1.76. The third kappa shape index (κ3) is 4.64. The molecule has 0 amide bonds. The van der Waals surface area contributed by atoms with Crippen LogP contribution in [-0.4, -0.2) is 21.5 Å². The van der Waals surface area contributed by atoms with Gasteiger partial charge < -0.3 is 14.9 Å². The van der Waals surface area contributed by atoms with E-state index in [1.54, 1.807) is 11.0 Å². The van der Waals surface area contributed by atoms with Crippen molar-refractivity contribution in [3.63, 3.8) is 0 Å².